The van der Waals surface area contributed by atoms with Crippen LogP contribution in [0, 0.1) is 12.7 Å². The molecule has 0 saturated heterocycles. The third-order valence-electron chi connectivity index (χ3n) is 3.08. The van der Waals surface area contributed by atoms with Crippen LogP contribution in [-0.4, -0.2) is 35.6 Å². The maximum absolute atomic E-state index is 12.9. The molecule has 0 aliphatic heterocycles. The molecule has 6 heteroatoms. The van der Waals surface area contributed by atoms with Crippen molar-refractivity contribution in [2.45, 2.75) is 26.4 Å². The second-order valence-corrected chi connectivity index (χ2v) is 5.28. The van der Waals surface area contributed by atoms with Crippen molar-refractivity contribution in [2.75, 3.05) is 13.7 Å². The lowest BCUT2D eigenvalue weighted by Crippen LogP contribution is -2.18. The van der Waals surface area contributed by atoms with E-state index in [0.29, 0.717) is 29.4 Å². The quantitative estimate of drug-likeness (QED) is 0.735. The van der Waals surface area contributed by atoms with Crippen LogP contribution in [0.4, 0.5) is 4.39 Å². The highest BCUT2D eigenvalue weighted by Gasteiger charge is 2.13. The third-order valence-corrected chi connectivity index (χ3v) is 3.08. The van der Waals surface area contributed by atoms with Gasteiger partial charge in [0.2, 0.25) is 0 Å². The number of ether oxygens (including phenoxy) is 2. The van der Waals surface area contributed by atoms with Crippen molar-refractivity contribution in [3.05, 3.63) is 53.4 Å². The predicted molar refractivity (Wildman–Crippen MR) is 83.2 cm³/mol. The Morgan fingerprint density at radius 3 is 2.78 bits per heavy atom. The summed E-state index contributed by atoms with van der Waals surface area (Å²) in [4.78, 5) is 20.5. The van der Waals surface area contributed by atoms with Crippen molar-refractivity contribution in [2.24, 2.45) is 0 Å². The number of aromatic nitrogens is 2. The van der Waals surface area contributed by atoms with Gasteiger partial charge in [0.25, 0.3) is 0 Å². The van der Waals surface area contributed by atoms with Gasteiger partial charge in [-0.05, 0) is 26.0 Å². The molecule has 2 aromatic heterocycles. The molecule has 1 atom stereocenters. The minimum atomic E-state index is -0.433. The maximum Gasteiger partial charge on any atom is 0.187 e. The number of ketones is 1. The van der Waals surface area contributed by atoms with Crippen LogP contribution in [0.5, 0.6) is 5.75 Å². The highest BCUT2D eigenvalue weighted by atomic mass is 19.1. The number of hydrogen-bond acceptors (Lipinski definition) is 5. The fourth-order valence-corrected chi connectivity index (χ4v) is 2.11. The number of rotatable bonds is 7. The number of carbonyl (C=O) groups is 1. The van der Waals surface area contributed by atoms with Gasteiger partial charge in [0.1, 0.15) is 23.4 Å². The van der Waals surface area contributed by atoms with Gasteiger partial charge < -0.3 is 9.47 Å². The van der Waals surface area contributed by atoms with Crippen LogP contribution in [0.1, 0.15) is 28.8 Å². The first-order valence-electron chi connectivity index (χ1n) is 7.26. The van der Waals surface area contributed by atoms with Crippen LogP contribution >= 0.6 is 0 Å². The normalized spacial score (nSPS) is 12.0. The molecule has 0 spiro atoms. The van der Waals surface area contributed by atoms with Gasteiger partial charge in [0, 0.05) is 30.6 Å². The Morgan fingerprint density at radius 1 is 1.35 bits per heavy atom. The summed E-state index contributed by atoms with van der Waals surface area (Å²) < 4.78 is 23.6. The fraction of sp³-hybridized carbons (Fsp3) is 0.353. The van der Waals surface area contributed by atoms with Gasteiger partial charge in [0.05, 0.1) is 19.2 Å². The van der Waals surface area contributed by atoms with E-state index in [4.69, 9.17) is 9.47 Å². The zero-order chi connectivity index (χ0) is 16.8. The van der Waals surface area contributed by atoms with Gasteiger partial charge in [-0.1, -0.05) is 0 Å². The smallest absolute Gasteiger partial charge is 0.187 e. The SMILES string of the molecule is COC[C@@H](C)Oc1cc(C)nc(C(=O)Cc2ccc(F)cn2)c1. The molecule has 23 heavy (non-hydrogen) atoms. The molecule has 0 N–H and O–H groups in total. The van der Waals surface area contributed by atoms with Crippen molar-refractivity contribution in [3.63, 3.8) is 0 Å². The van der Waals surface area contributed by atoms with Crippen molar-refractivity contribution >= 4 is 5.78 Å². The molecule has 0 aliphatic carbocycles. The van der Waals surface area contributed by atoms with Crippen molar-refractivity contribution in [1.29, 1.82) is 0 Å². The van der Waals surface area contributed by atoms with E-state index in [0.717, 1.165) is 6.20 Å². The number of carbonyl (C=O) groups excluding carboxylic acids is 1. The van der Waals surface area contributed by atoms with Crippen molar-refractivity contribution in [3.8, 4) is 5.75 Å². The molecule has 0 bridgehead atoms. The van der Waals surface area contributed by atoms with Crippen LogP contribution in [0.15, 0.2) is 30.5 Å². The topological polar surface area (TPSA) is 61.3 Å². The Bertz CT molecular complexity index is 674. The van der Waals surface area contributed by atoms with E-state index in [1.807, 2.05) is 6.92 Å². The number of halogens is 1. The van der Waals surface area contributed by atoms with E-state index in [1.54, 1.807) is 26.2 Å². The molecule has 122 valence electrons. The summed E-state index contributed by atoms with van der Waals surface area (Å²) in [5, 5.41) is 0. The average molecular weight is 318 g/mol. The van der Waals surface area contributed by atoms with Gasteiger partial charge in [-0.15, -0.1) is 0 Å². The van der Waals surface area contributed by atoms with Crippen LogP contribution in [0.25, 0.3) is 0 Å². The number of methoxy groups -OCH3 is 1. The number of Topliss-reactive ketones (excluding diaryl/α,β-unsaturated/α-hetero) is 1. The van der Waals surface area contributed by atoms with E-state index in [2.05, 4.69) is 9.97 Å². The van der Waals surface area contributed by atoms with E-state index in [-0.39, 0.29) is 18.3 Å². The number of aryl methyl sites for hydroxylation is 1. The molecule has 0 unspecified atom stereocenters. The highest BCUT2D eigenvalue weighted by Crippen LogP contribution is 2.17. The summed E-state index contributed by atoms with van der Waals surface area (Å²) in [6, 6.07) is 6.13. The largest absolute Gasteiger partial charge is 0.488 e. The summed E-state index contributed by atoms with van der Waals surface area (Å²) in [6.07, 6.45) is 1.01. The van der Waals surface area contributed by atoms with Crippen molar-refractivity contribution in [1.82, 2.24) is 9.97 Å². The van der Waals surface area contributed by atoms with E-state index in [1.165, 1.54) is 12.1 Å². The van der Waals surface area contributed by atoms with Gasteiger partial charge >= 0.3 is 0 Å². The van der Waals surface area contributed by atoms with Gasteiger partial charge in [-0.3, -0.25) is 9.78 Å². The Kier molecular flexibility index (Phi) is 5.76. The first kappa shape index (κ1) is 17.0. The zero-order valence-corrected chi connectivity index (χ0v) is 13.4. The fourth-order valence-electron chi connectivity index (χ4n) is 2.11. The summed E-state index contributed by atoms with van der Waals surface area (Å²) in [5.74, 6) is -0.0628. The first-order valence-corrected chi connectivity index (χ1v) is 7.26. The molecule has 0 amide bonds. The molecule has 0 aromatic carbocycles. The second-order valence-electron chi connectivity index (χ2n) is 5.28. The Morgan fingerprint density at radius 2 is 2.13 bits per heavy atom. The van der Waals surface area contributed by atoms with E-state index >= 15 is 0 Å². The molecule has 2 aromatic rings. The standard InChI is InChI=1S/C17H19FN2O3/c1-11-6-15(23-12(2)10-22-3)8-16(20-11)17(21)7-14-5-4-13(18)9-19-14/h4-6,8-9,12H,7,10H2,1-3H3/t12-/m1/s1. The van der Waals surface area contributed by atoms with Crippen LogP contribution in [0.3, 0.4) is 0 Å². The number of pyridine rings is 2. The number of hydrogen-bond donors (Lipinski definition) is 0. The molecule has 5 nitrogen and oxygen atoms in total. The molecule has 0 fully saturated rings. The second kappa shape index (κ2) is 7.78. The van der Waals surface area contributed by atoms with E-state index < -0.39 is 5.82 Å². The molecule has 2 rings (SSSR count). The minimum absolute atomic E-state index is 0.0593. The minimum Gasteiger partial charge on any atom is -0.488 e. The summed E-state index contributed by atoms with van der Waals surface area (Å²) in [7, 11) is 1.60. The van der Waals surface area contributed by atoms with Crippen LogP contribution in [0.2, 0.25) is 0 Å². The molecular weight excluding hydrogens is 299 g/mol. The highest BCUT2D eigenvalue weighted by molar-refractivity contribution is 5.95. The van der Waals surface area contributed by atoms with Crippen LogP contribution < -0.4 is 4.74 Å². The monoisotopic (exact) mass is 318 g/mol. The Hall–Kier alpha value is -2.34. The lowest BCUT2D eigenvalue weighted by atomic mass is 10.1. The van der Waals surface area contributed by atoms with Gasteiger partial charge in [-0.2, -0.15) is 0 Å². The molecule has 0 saturated carbocycles. The lowest BCUT2D eigenvalue weighted by Gasteiger charge is -2.14. The van der Waals surface area contributed by atoms with Gasteiger partial charge in [0.15, 0.2) is 5.78 Å². The third kappa shape index (κ3) is 5.10. The Balaban J connectivity index is 2.13. The molecule has 0 radical (unpaired) electrons. The average Bonchev–Trinajstić information content (AvgIpc) is 2.49. The first-order chi connectivity index (χ1) is 11.0. The summed E-state index contributed by atoms with van der Waals surface area (Å²) in [6.45, 7) is 4.12. The van der Waals surface area contributed by atoms with Gasteiger partial charge in [-0.25, -0.2) is 9.37 Å². The summed E-state index contributed by atoms with van der Waals surface area (Å²) >= 11 is 0. The lowest BCUT2D eigenvalue weighted by molar-refractivity contribution is 0.0913. The predicted octanol–water partition coefficient (Wildman–Crippen LogP) is 2.76. The summed E-state index contributed by atoms with van der Waals surface area (Å²) in [5.41, 5.74) is 1.48. The van der Waals surface area contributed by atoms with Crippen molar-refractivity contribution < 1.29 is 18.7 Å². The number of nitrogens with zero attached hydrogens (tertiary/aromatic N) is 2. The molecule has 0 aliphatic rings. The Labute approximate surface area is 134 Å². The maximum atomic E-state index is 12.9. The molecule has 2 heterocycles. The van der Waals surface area contributed by atoms with E-state index in [9.17, 15) is 9.18 Å². The van der Waals surface area contributed by atoms with Crippen LogP contribution in [-0.2, 0) is 11.2 Å². The zero-order valence-electron chi connectivity index (χ0n) is 13.4. The molecular formula is C17H19FN2O3.